The van der Waals surface area contributed by atoms with E-state index < -0.39 is 23.5 Å². The van der Waals surface area contributed by atoms with Crippen molar-refractivity contribution in [1.82, 2.24) is 10.2 Å². The minimum atomic E-state index is -0.766. The zero-order valence-electron chi connectivity index (χ0n) is 20.0. The largest absolute Gasteiger partial charge is 0.490 e. The van der Waals surface area contributed by atoms with Crippen LogP contribution in [0.25, 0.3) is 0 Å². The smallest absolute Gasteiger partial charge is 0.311 e. The number of nitro groups is 1. The van der Waals surface area contributed by atoms with Gasteiger partial charge in [0.05, 0.1) is 12.0 Å². The number of carbonyl (C=O) groups excluding carboxylic acids is 2. The van der Waals surface area contributed by atoms with E-state index in [9.17, 15) is 19.7 Å². The van der Waals surface area contributed by atoms with Crippen LogP contribution in [-0.4, -0.2) is 47.4 Å². The number of halogens is 2. The van der Waals surface area contributed by atoms with Gasteiger partial charge in [0.1, 0.15) is 11.8 Å². The van der Waals surface area contributed by atoms with Gasteiger partial charge in [0, 0.05) is 34.8 Å². The van der Waals surface area contributed by atoms with Crippen molar-refractivity contribution in [2.45, 2.75) is 52.2 Å². The summed E-state index contributed by atoms with van der Waals surface area (Å²) in [5.41, 5.74) is 0.397. The van der Waals surface area contributed by atoms with Crippen LogP contribution in [0.2, 0.25) is 10.0 Å². The lowest BCUT2D eigenvalue weighted by Gasteiger charge is -2.31. The quantitative estimate of drug-likeness (QED) is 0.308. The molecular formula is C24H29Cl2N3O6. The summed E-state index contributed by atoms with van der Waals surface area (Å²) in [7, 11) is 1.30. The molecule has 190 valence electrons. The number of rotatable bonds is 12. The Balaban J connectivity index is 2.29. The fraction of sp³-hybridized carbons (Fsp3) is 0.417. The molecule has 0 saturated heterocycles. The molecule has 2 atom stereocenters. The summed E-state index contributed by atoms with van der Waals surface area (Å²) in [6.07, 6.45) is 1.11. The number of nitrogens with one attached hydrogen (secondary N) is 1. The van der Waals surface area contributed by atoms with Gasteiger partial charge in [0.2, 0.25) is 11.7 Å². The van der Waals surface area contributed by atoms with Crippen molar-refractivity contribution < 1.29 is 24.0 Å². The van der Waals surface area contributed by atoms with Gasteiger partial charge in [0.15, 0.2) is 6.61 Å². The fourth-order valence-electron chi connectivity index (χ4n) is 3.32. The maximum atomic E-state index is 13.3. The van der Waals surface area contributed by atoms with E-state index >= 15 is 0 Å². The number of nitro benzene ring substituents is 1. The monoisotopic (exact) mass is 525 g/mol. The van der Waals surface area contributed by atoms with Crippen LogP contribution in [0.15, 0.2) is 36.4 Å². The van der Waals surface area contributed by atoms with Gasteiger partial charge in [-0.2, -0.15) is 0 Å². The molecule has 2 amide bonds. The van der Waals surface area contributed by atoms with Crippen molar-refractivity contribution in [1.29, 1.82) is 0 Å². The number of methoxy groups -OCH3 is 1. The first kappa shape index (κ1) is 28.2. The number of ether oxygens (including phenoxy) is 2. The molecule has 0 radical (unpaired) electrons. The SMILES string of the molecule is CC[C@H](C)NC(=O)[C@H](CC)N(Cc1ccc(Cl)cc1Cl)C(=O)COc1ccc([N+](=O)[O-])c(OC)c1. The summed E-state index contributed by atoms with van der Waals surface area (Å²) in [6.45, 7) is 5.31. The third kappa shape index (κ3) is 7.73. The highest BCUT2D eigenvalue weighted by atomic mass is 35.5. The average Bonchev–Trinajstić information content (AvgIpc) is 2.83. The maximum absolute atomic E-state index is 13.3. The Bertz CT molecular complexity index is 1070. The first-order valence-corrected chi connectivity index (χ1v) is 11.9. The van der Waals surface area contributed by atoms with E-state index in [-0.39, 0.29) is 35.7 Å². The minimum Gasteiger partial charge on any atom is -0.490 e. The molecule has 0 saturated carbocycles. The number of nitrogens with zero attached hydrogens (tertiary/aromatic N) is 2. The Labute approximate surface area is 214 Å². The van der Waals surface area contributed by atoms with Crippen LogP contribution in [0.5, 0.6) is 11.5 Å². The molecule has 0 bridgehead atoms. The van der Waals surface area contributed by atoms with Gasteiger partial charge in [-0.1, -0.05) is 43.1 Å². The summed E-state index contributed by atoms with van der Waals surface area (Å²) < 4.78 is 10.7. The highest BCUT2D eigenvalue weighted by Crippen LogP contribution is 2.31. The van der Waals surface area contributed by atoms with Crippen molar-refractivity contribution in [2.75, 3.05) is 13.7 Å². The molecule has 1 N–H and O–H groups in total. The van der Waals surface area contributed by atoms with E-state index in [0.717, 1.165) is 6.42 Å². The van der Waals surface area contributed by atoms with Gasteiger partial charge in [0.25, 0.3) is 5.91 Å². The molecule has 2 rings (SSSR count). The summed E-state index contributed by atoms with van der Waals surface area (Å²) in [5, 5.41) is 14.9. The molecule has 2 aromatic rings. The standard InChI is InChI=1S/C24H29Cl2N3O6/c1-5-15(3)27-24(31)20(6-2)28(13-16-7-8-17(25)11-19(16)26)23(30)14-35-18-9-10-21(29(32)33)22(12-18)34-4/h7-12,15,20H,5-6,13-14H2,1-4H3,(H,27,31)/t15-,20-/m0/s1. The summed E-state index contributed by atoms with van der Waals surface area (Å²) >= 11 is 12.3. The maximum Gasteiger partial charge on any atom is 0.311 e. The van der Waals surface area contributed by atoms with Crippen LogP contribution in [0.4, 0.5) is 5.69 Å². The molecule has 0 aliphatic rings. The first-order chi connectivity index (χ1) is 16.6. The second kappa shape index (κ2) is 13.2. The van der Waals surface area contributed by atoms with Crippen LogP contribution in [0, 0.1) is 10.1 Å². The van der Waals surface area contributed by atoms with E-state index in [2.05, 4.69) is 5.32 Å². The number of amides is 2. The Hall–Kier alpha value is -3.04. The Morgan fingerprint density at radius 2 is 1.86 bits per heavy atom. The molecule has 0 heterocycles. The van der Waals surface area contributed by atoms with Crippen molar-refractivity contribution in [3.05, 3.63) is 62.1 Å². The lowest BCUT2D eigenvalue weighted by atomic mass is 10.1. The molecule has 11 heteroatoms. The van der Waals surface area contributed by atoms with Gasteiger partial charge in [-0.05, 0) is 43.5 Å². The molecular weight excluding hydrogens is 497 g/mol. The average molecular weight is 526 g/mol. The zero-order valence-corrected chi connectivity index (χ0v) is 21.6. The third-order valence-electron chi connectivity index (χ3n) is 5.45. The van der Waals surface area contributed by atoms with Crippen LogP contribution >= 0.6 is 23.2 Å². The van der Waals surface area contributed by atoms with E-state index in [4.69, 9.17) is 32.7 Å². The van der Waals surface area contributed by atoms with Crippen molar-refractivity contribution in [3.63, 3.8) is 0 Å². The first-order valence-electron chi connectivity index (χ1n) is 11.1. The minimum absolute atomic E-state index is 0.00381. The van der Waals surface area contributed by atoms with Crippen LogP contribution in [0.3, 0.4) is 0 Å². The normalized spacial score (nSPS) is 12.4. The number of carbonyl (C=O) groups is 2. The van der Waals surface area contributed by atoms with Gasteiger partial charge in [-0.3, -0.25) is 19.7 Å². The third-order valence-corrected chi connectivity index (χ3v) is 6.04. The molecule has 0 fully saturated rings. The molecule has 9 nitrogen and oxygen atoms in total. The van der Waals surface area contributed by atoms with Crippen LogP contribution in [0.1, 0.15) is 39.2 Å². The molecule has 0 aliphatic heterocycles. The Morgan fingerprint density at radius 3 is 2.43 bits per heavy atom. The molecule has 35 heavy (non-hydrogen) atoms. The number of hydrogen-bond donors (Lipinski definition) is 1. The number of hydrogen-bond acceptors (Lipinski definition) is 6. The van der Waals surface area contributed by atoms with Crippen LogP contribution < -0.4 is 14.8 Å². The van der Waals surface area contributed by atoms with E-state index in [0.29, 0.717) is 22.0 Å². The predicted octanol–water partition coefficient (Wildman–Crippen LogP) is 5.01. The van der Waals surface area contributed by atoms with Gasteiger partial charge < -0.3 is 19.7 Å². The van der Waals surface area contributed by atoms with E-state index in [1.165, 1.54) is 30.2 Å². The highest BCUT2D eigenvalue weighted by Gasteiger charge is 2.30. The summed E-state index contributed by atoms with van der Waals surface area (Å²) in [4.78, 5) is 38.2. The van der Waals surface area contributed by atoms with E-state index in [1.807, 2.05) is 20.8 Å². The molecule has 0 aliphatic carbocycles. The predicted molar refractivity (Wildman–Crippen MR) is 134 cm³/mol. The molecule has 0 unspecified atom stereocenters. The Kier molecular flexibility index (Phi) is 10.6. The van der Waals surface area contributed by atoms with Gasteiger partial charge >= 0.3 is 5.69 Å². The van der Waals surface area contributed by atoms with Crippen LogP contribution in [-0.2, 0) is 16.1 Å². The summed E-state index contributed by atoms with van der Waals surface area (Å²) in [5.74, 6) is -0.525. The lowest BCUT2D eigenvalue weighted by molar-refractivity contribution is -0.385. The van der Waals surface area contributed by atoms with Gasteiger partial charge in [-0.15, -0.1) is 0 Å². The molecule has 0 aromatic heterocycles. The second-order valence-electron chi connectivity index (χ2n) is 7.88. The summed E-state index contributed by atoms with van der Waals surface area (Å²) in [6, 6.07) is 8.05. The fourth-order valence-corrected chi connectivity index (χ4v) is 3.79. The number of benzene rings is 2. The zero-order chi connectivity index (χ0) is 26.1. The highest BCUT2D eigenvalue weighted by molar-refractivity contribution is 6.35. The van der Waals surface area contributed by atoms with Gasteiger partial charge in [-0.25, -0.2) is 0 Å². The van der Waals surface area contributed by atoms with E-state index in [1.54, 1.807) is 18.2 Å². The van der Waals surface area contributed by atoms with Crippen molar-refractivity contribution >= 4 is 40.7 Å². The topological polar surface area (TPSA) is 111 Å². The lowest BCUT2D eigenvalue weighted by Crippen LogP contribution is -2.51. The Morgan fingerprint density at radius 1 is 1.14 bits per heavy atom. The molecule has 2 aromatic carbocycles. The van der Waals surface area contributed by atoms with Crippen molar-refractivity contribution in [2.24, 2.45) is 0 Å². The molecule has 0 spiro atoms. The second-order valence-corrected chi connectivity index (χ2v) is 8.72. The van der Waals surface area contributed by atoms with Crippen molar-refractivity contribution in [3.8, 4) is 11.5 Å².